The Kier molecular flexibility index (Phi) is 4.07. The Hall–Kier alpha value is -1.82. The van der Waals surface area contributed by atoms with Crippen LogP contribution in [0.5, 0.6) is 0 Å². The van der Waals surface area contributed by atoms with E-state index in [9.17, 15) is 9.59 Å². The zero-order valence-corrected chi connectivity index (χ0v) is 9.47. The summed E-state index contributed by atoms with van der Waals surface area (Å²) in [5.41, 5.74) is 0.0676. The molecule has 0 aliphatic carbocycles. The highest BCUT2D eigenvalue weighted by Crippen LogP contribution is 2.27. The molecular weight excluding hydrogens is 230 g/mol. The number of nitrogens with one attached hydrogen (secondary N) is 1. The van der Waals surface area contributed by atoms with Gasteiger partial charge in [-0.1, -0.05) is 12.7 Å². The van der Waals surface area contributed by atoms with Crippen molar-refractivity contribution in [3.05, 3.63) is 29.2 Å². The van der Waals surface area contributed by atoms with Crippen molar-refractivity contribution in [1.82, 2.24) is 0 Å². The van der Waals surface area contributed by atoms with Gasteiger partial charge in [0.25, 0.3) is 0 Å². The zero-order chi connectivity index (χ0) is 12.1. The minimum absolute atomic E-state index is 0.0676. The summed E-state index contributed by atoms with van der Waals surface area (Å²) in [6, 6.07) is 1.50. The number of thiophene rings is 1. The first kappa shape index (κ1) is 12.3. The van der Waals surface area contributed by atoms with E-state index in [0.29, 0.717) is 0 Å². The normalized spacial score (nSPS) is 9.56. The molecule has 0 saturated carbocycles. The minimum atomic E-state index is -1.08. The Morgan fingerprint density at radius 3 is 2.94 bits per heavy atom. The van der Waals surface area contributed by atoms with Gasteiger partial charge in [-0.3, -0.25) is 5.32 Å². The Bertz CT molecular complexity index is 424. The molecule has 1 rings (SSSR count). The van der Waals surface area contributed by atoms with Gasteiger partial charge in [-0.05, 0) is 13.0 Å². The SMILES string of the molecule is C=CCOC(=O)Nc1sc(C)cc1C(=O)O. The fourth-order valence-electron chi connectivity index (χ4n) is 1.03. The zero-order valence-electron chi connectivity index (χ0n) is 8.65. The lowest BCUT2D eigenvalue weighted by molar-refractivity contribution is 0.0698. The summed E-state index contributed by atoms with van der Waals surface area (Å²) >= 11 is 1.19. The Morgan fingerprint density at radius 1 is 1.69 bits per heavy atom. The van der Waals surface area contributed by atoms with Gasteiger partial charge < -0.3 is 9.84 Å². The van der Waals surface area contributed by atoms with E-state index in [1.165, 1.54) is 23.5 Å². The van der Waals surface area contributed by atoms with E-state index in [1.807, 2.05) is 0 Å². The monoisotopic (exact) mass is 241 g/mol. The number of amides is 1. The molecule has 1 amide bonds. The number of carboxylic acid groups (broad SMARTS) is 1. The van der Waals surface area contributed by atoms with Crippen molar-refractivity contribution >= 4 is 28.4 Å². The quantitative estimate of drug-likeness (QED) is 0.794. The molecule has 16 heavy (non-hydrogen) atoms. The summed E-state index contributed by atoms with van der Waals surface area (Å²) in [5.74, 6) is -1.08. The average molecular weight is 241 g/mol. The molecule has 1 heterocycles. The van der Waals surface area contributed by atoms with Crippen molar-refractivity contribution in [2.45, 2.75) is 6.92 Å². The third kappa shape index (κ3) is 3.09. The fourth-order valence-corrected chi connectivity index (χ4v) is 1.92. The molecule has 1 aromatic heterocycles. The van der Waals surface area contributed by atoms with Crippen LogP contribution in [0, 0.1) is 6.92 Å². The molecule has 0 unspecified atom stereocenters. The first-order valence-corrected chi connectivity index (χ1v) is 5.24. The van der Waals surface area contributed by atoms with Gasteiger partial charge in [0.1, 0.15) is 11.6 Å². The Balaban J connectivity index is 2.76. The van der Waals surface area contributed by atoms with Gasteiger partial charge in [-0.25, -0.2) is 9.59 Å². The summed E-state index contributed by atoms with van der Waals surface area (Å²) in [6.45, 7) is 5.24. The fraction of sp³-hybridized carbons (Fsp3) is 0.200. The molecule has 0 fully saturated rings. The van der Waals surface area contributed by atoms with Crippen LogP contribution in [0.2, 0.25) is 0 Å². The molecular formula is C10H11NO4S. The van der Waals surface area contributed by atoms with Crippen molar-refractivity contribution in [3.8, 4) is 0 Å². The van der Waals surface area contributed by atoms with E-state index < -0.39 is 12.1 Å². The molecule has 86 valence electrons. The van der Waals surface area contributed by atoms with Crippen LogP contribution in [0.15, 0.2) is 18.7 Å². The third-order valence-electron chi connectivity index (χ3n) is 1.63. The Labute approximate surface area is 96.4 Å². The third-order valence-corrected chi connectivity index (χ3v) is 2.60. The molecule has 0 radical (unpaired) electrons. The number of hydrogen-bond acceptors (Lipinski definition) is 4. The van der Waals surface area contributed by atoms with E-state index in [0.717, 1.165) is 4.88 Å². The standard InChI is InChI=1S/C10H11NO4S/c1-3-4-15-10(14)11-8-7(9(12)13)5-6(2)16-8/h3,5H,1,4H2,2H3,(H,11,14)(H,12,13). The smallest absolute Gasteiger partial charge is 0.412 e. The maximum absolute atomic E-state index is 11.2. The first-order valence-electron chi connectivity index (χ1n) is 4.43. The van der Waals surface area contributed by atoms with Gasteiger partial charge >= 0.3 is 12.1 Å². The highest BCUT2D eigenvalue weighted by atomic mass is 32.1. The number of rotatable bonds is 4. The van der Waals surface area contributed by atoms with E-state index >= 15 is 0 Å². The van der Waals surface area contributed by atoms with Gasteiger partial charge in [-0.15, -0.1) is 11.3 Å². The number of aromatic carboxylic acids is 1. The average Bonchev–Trinajstić information content (AvgIpc) is 2.56. The summed E-state index contributed by atoms with van der Waals surface area (Å²) in [4.78, 5) is 22.8. The van der Waals surface area contributed by atoms with Crippen molar-refractivity contribution in [3.63, 3.8) is 0 Å². The van der Waals surface area contributed by atoms with Crippen molar-refractivity contribution < 1.29 is 19.4 Å². The Morgan fingerprint density at radius 2 is 2.38 bits per heavy atom. The summed E-state index contributed by atoms with van der Waals surface area (Å²) in [6.07, 6.45) is 0.737. The second kappa shape index (κ2) is 5.32. The first-order chi connectivity index (χ1) is 7.54. The van der Waals surface area contributed by atoms with Crippen LogP contribution < -0.4 is 5.32 Å². The highest BCUT2D eigenvalue weighted by molar-refractivity contribution is 7.16. The summed E-state index contributed by atoms with van der Waals surface area (Å²) < 4.78 is 4.68. The second-order valence-corrected chi connectivity index (χ2v) is 4.17. The number of anilines is 1. The van der Waals surface area contributed by atoms with Crippen molar-refractivity contribution in [1.29, 1.82) is 0 Å². The van der Waals surface area contributed by atoms with E-state index in [2.05, 4.69) is 16.6 Å². The van der Waals surface area contributed by atoms with Crippen LogP contribution in [0.25, 0.3) is 0 Å². The summed E-state index contributed by atoms with van der Waals surface area (Å²) in [7, 11) is 0. The molecule has 0 atom stereocenters. The number of aryl methyl sites for hydroxylation is 1. The number of hydrogen-bond donors (Lipinski definition) is 2. The number of carbonyl (C=O) groups is 2. The van der Waals surface area contributed by atoms with Crippen LogP contribution in [-0.2, 0) is 4.74 Å². The van der Waals surface area contributed by atoms with E-state index in [-0.39, 0.29) is 17.2 Å². The maximum Gasteiger partial charge on any atom is 0.412 e. The van der Waals surface area contributed by atoms with Crippen LogP contribution in [0.4, 0.5) is 9.80 Å². The van der Waals surface area contributed by atoms with Crippen LogP contribution in [0.3, 0.4) is 0 Å². The van der Waals surface area contributed by atoms with Gasteiger partial charge in [0, 0.05) is 4.88 Å². The van der Waals surface area contributed by atoms with Crippen LogP contribution in [-0.4, -0.2) is 23.8 Å². The predicted molar refractivity (Wildman–Crippen MR) is 61.2 cm³/mol. The lowest BCUT2D eigenvalue weighted by Gasteiger charge is -2.03. The minimum Gasteiger partial charge on any atom is -0.478 e. The molecule has 0 bridgehead atoms. The van der Waals surface area contributed by atoms with E-state index in [4.69, 9.17) is 5.11 Å². The second-order valence-electron chi connectivity index (χ2n) is 2.92. The molecule has 6 heteroatoms. The van der Waals surface area contributed by atoms with Gasteiger partial charge in [-0.2, -0.15) is 0 Å². The lowest BCUT2D eigenvalue weighted by atomic mass is 10.3. The van der Waals surface area contributed by atoms with Gasteiger partial charge in [0.2, 0.25) is 0 Å². The number of ether oxygens (including phenoxy) is 1. The molecule has 0 aliphatic heterocycles. The van der Waals surface area contributed by atoms with Crippen molar-refractivity contribution in [2.75, 3.05) is 11.9 Å². The summed E-state index contributed by atoms with van der Waals surface area (Å²) in [5, 5.41) is 11.5. The molecule has 0 spiro atoms. The number of carbonyl (C=O) groups excluding carboxylic acids is 1. The number of carboxylic acids is 1. The highest BCUT2D eigenvalue weighted by Gasteiger charge is 2.16. The van der Waals surface area contributed by atoms with E-state index in [1.54, 1.807) is 6.92 Å². The largest absolute Gasteiger partial charge is 0.478 e. The molecule has 0 aromatic carbocycles. The van der Waals surface area contributed by atoms with Crippen molar-refractivity contribution in [2.24, 2.45) is 0 Å². The molecule has 0 saturated heterocycles. The maximum atomic E-state index is 11.2. The van der Waals surface area contributed by atoms with Crippen LogP contribution in [0.1, 0.15) is 15.2 Å². The predicted octanol–water partition coefficient (Wildman–Crippen LogP) is 2.49. The molecule has 5 nitrogen and oxygen atoms in total. The molecule has 0 aliphatic rings. The topological polar surface area (TPSA) is 75.6 Å². The van der Waals surface area contributed by atoms with Crippen LogP contribution >= 0.6 is 11.3 Å². The molecule has 1 aromatic rings. The lowest BCUT2D eigenvalue weighted by Crippen LogP contribution is -2.14. The van der Waals surface area contributed by atoms with Gasteiger partial charge in [0.05, 0.1) is 5.56 Å². The molecule has 2 N–H and O–H groups in total. The van der Waals surface area contributed by atoms with Gasteiger partial charge in [0.15, 0.2) is 0 Å².